The highest BCUT2D eigenvalue weighted by Gasteiger charge is 2.02. The Morgan fingerprint density at radius 3 is 1.60 bits per heavy atom. The quantitative estimate of drug-likeness (QED) is 0.700. The van der Waals surface area contributed by atoms with Gasteiger partial charge >= 0.3 is 0 Å². The van der Waals surface area contributed by atoms with E-state index in [-0.39, 0.29) is 5.51 Å². The van der Waals surface area contributed by atoms with Crippen molar-refractivity contribution in [2.75, 3.05) is 0 Å². The van der Waals surface area contributed by atoms with Crippen molar-refractivity contribution in [3.05, 3.63) is 77.3 Å². The van der Waals surface area contributed by atoms with Crippen LogP contribution in [0.3, 0.4) is 0 Å². The average Bonchev–Trinajstić information content (AvgIpc) is 2.31. The number of hydrogen-bond acceptors (Lipinski definition) is 0. The maximum atomic E-state index is 7.65. The van der Waals surface area contributed by atoms with Gasteiger partial charge < -0.3 is 0 Å². The molecule has 0 heterocycles. The number of hydrogen-bond donors (Lipinski definition) is 0. The molecule has 0 spiro atoms. The molecule has 0 bridgehead atoms. The molecule has 0 aliphatic carbocycles. The smallest absolute Gasteiger partial charge is 0.0762 e. The summed E-state index contributed by atoms with van der Waals surface area (Å²) >= 11 is 5.86. The molecule has 2 rings (SSSR count). The first-order valence-electron chi connectivity index (χ1n) is 5.26. The zero-order valence-electron chi connectivity index (χ0n) is 9.15. The van der Waals surface area contributed by atoms with Gasteiger partial charge in [-0.05, 0) is 11.1 Å². The van der Waals surface area contributed by atoms with E-state index < -0.39 is 0 Å². The zero-order valence-corrected chi connectivity index (χ0v) is 8.91. The van der Waals surface area contributed by atoms with Crippen LogP contribution in [0.25, 0.3) is 5.57 Å². The van der Waals surface area contributed by atoms with Crippen LogP contribution < -0.4 is 0 Å². The lowest BCUT2D eigenvalue weighted by atomic mass is 10.00. The Bertz CT molecular complexity index is 443. The van der Waals surface area contributed by atoms with Crippen LogP contribution in [0.2, 0.25) is 0 Å². The molecule has 0 aliphatic heterocycles. The van der Waals surface area contributed by atoms with Crippen LogP contribution in [0, 0.1) is 0 Å². The molecule has 0 unspecified atom stereocenters. The van der Waals surface area contributed by atoms with Crippen molar-refractivity contribution < 1.29 is 1.37 Å². The topological polar surface area (TPSA) is 0 Å². The van der Waals surface area contributed by atoms with Crippen LogP contribution in [0.5, 0.6) is 0 Å². The molecule has 15 heavy (non-hydrogen) atoms. The zero-order chi connectivity index (χ0) is 11.4. The SMILES string of the molecule is [2H]C(Cl)=C(c1ccccc1)c1ccccc1. The summed E-state index contributed by atoms with van der Waals surface area (Å²) in [4.78, 5) is 0. The van der Waals surface area contributed by atoms with Crippen LogP contribution in [0.1, 0.15) is 12.5 Å². The van der Waals surface area contributed by atoms with Crippen molar-refractivity contribution in [2.45, 2.75) is 0 Å². The first-order valence-corrected chi connectivity index (χ1v) is 5.14. The van der Waals surface area contributed by atoms with E-state index in [1.54, 1.807) is 0 Å². The van der Waals surface area contributed by atoms with E-state index >= 15 is 0 Å². The summed E-state index contributed by atoms with van der Waals surface area (Å²) in [6.45, 7) is 0. The summed E-state index contributed by atoms with van der Waals surface area (Å²) in [5.74, 6) is 0. The molecule has 0 atom stereocenters. The number of benzene rings is 2. The highest BCUT2D eigenvalue weighted by molar-refractivity contribution is 6.29. The standard InChI is InChI=1S/C14H11Cl/c15-11-14(12-7-3-1-4-8-12)13-9-5-2-6-10-13/h1-11H/i11D. The summed E-state index contributed by atoms with van der Waals surface area (Å²) in [5, 5.41) is 0. The maximum absolute atomic E-state index is 7.65. The Balaban J connectivity index is 2.54. The van der Waals surface area contributed by atoms with Crippen LogP contribution in [0.15, 0.2) is 66.2 Å². The highest BCUT2D eigenvalue weighted by Crippen LogP contribution is 2.23. The van der Waals surface area contributed by atoms with Crippen LogP contribution in [-0.4, -0.2) is 0 Å². The summed E-state index contributed by atoms with van der Waals surface area (Å²) in [6.07, 6.45) is 0. The van der Waals surface area contributed by atoms with Gasteiger partial charge in [-0.1, -0.05) is 72.3 Å². The Morgan fingerprint density at radius 1 is 0.867 bits per heavy atom. The van der Waals surface area contributed by atoms with Gasteiger partial charge in [-0.25, -0.2) is 0 Å². The van der Waals surface area contributed by atoms with Gasteiger partial charge in [0.05, 0.1) is 1.37 Å². The van der Waals surface area contributed by atoms with Crippen LogP contribution in [-0.2, 0) is 0 Å². The van der Waals surface area contributed by atoms with Crippen molar-refractivity contribution in [2.24, 2.45) is 0 Å². The highest BCUT2D eigenvalue weighted by atomic mass is 35.5. The molecule has 0 saturated heterocycles. The van der Waals surface area contributed by atoms with Crippen molar-refractivity contribution >= 4 is 17.2 Å². The predicted molar refractivity (Wildman–Crippen MR) is 65.8 cm³/mol. The van der Waals surface area contributed by atoms with E-state index in [4.69, 9.17) is 13.0 Å². The Labute approximate surface area is 96.2 Å². The van der Waals surface area contributed by atoms with E-state index in [0.717, 1.165) is 16.7 Å². The first-order chi connectivity index (χ1) is 7.79. The van der Waals surface area contributed by atoms with E-state index in [2.05, 4.69) is 0 Å². The third-order valence-corrected chi connectivity index (χ3v) is 2.41. The first kappa shape index (κ1) is 8.75. The fourth-order valence-corrected chi connectivity index (χ4v) is 1.70. The van der Waals surface area contributed by atoms with Gasteiger partial charge in [-0.2, -0.15) is 0 Å². The molecule has 0 nitrogen and oxygen atoms in total. The molecule has 0 aromatic heterocycles. The minimum atomic E-state index is 0.0670. The monoisotopic (exact) mass is 215 g/mol. The molecule has 0 radical (unpaired) electrons. The van der Waals surface area contributed by atoms with Crippen LogP contribution >= 0.6 is 11.6 Å². The van der Waals surface area contributed by atoms with Gasteiger partial charge in [-0.15, -0.1) is 0 Å². The lowest BCUT2D eigenvalue weighted by Crippen LogP contribution is -1.85. The summed E-state index contributed by atoms with van der Waals surface area (Å²) in [6, 6.07) is 19.5. The molecule has 2 aromatic carbocycles. The Morgan fingerprint density at radius 2 is 1.27 bits per heavy atom. The van der Waals surface area contributed by atoms with E-state index in [1.165, 1.54) is 0 Å². The molecule has 0 amide bonds. The molecule has 0 saturated carbocycles. The van der Waals surface area contributed by atoms with Crippen LogP contribution in [0.4, 0.5) is 0 Å². The molecule has 0 N–H and O–H groups in total. The van der Waals surface area contributed by atoms with Gasteiger partial charge in [0.1, 0.15) is 0 Å². The second kappa shape index (κ2) is 4.81. The van der Waals surface area contributed by atoms with Gasteiger partial charge in [-0.3, -0.25) is 0 Å². The van der Waals surface area contributed by atoms with Crippen molar-refractivity contribution in [3.8, 4) is 0 Å². The fraction of sp³-hybridized carbons (Fsp3) is 0. The molecule has 2 aromatic rings. The Kier molecular flexibility index (Phi) is 2.81. The molecule has 1 heteroatoms. The average molecular weight is 216 g/mol. The van der Waals surface area contributed by atoms with Gasteiger partial charge in [0.25, 0.3) is 0 Å². The number of rotatable bonds is 2. The molecule has 0 fully saturated rings. The lowest BCUT2D eigenvalue weighted by molar-refractivity contribution is 1.55. The molecule has 0 aliphatic rings. The summed E-state index contributed by atoms with van der Waals surface area (Å²) < 4.78 is 7.65. The van der Waals surface area contributed by atoms with Gasteiger partial charge in [0.15, 0.2) is 0 Å². The maximum Gasteiger partial charge on any atom is 0.0762 e. The second-order valence-corrected chi connectivity index (χ2v) is 3.39. The largest absolute Gasteiger partial charge is 0.0923 e. The molecule has 74 valence electrons. The predicted octanol–water partition coefficient (Wildman–Crippen LogP) is 4.31. The minimum Gasteiger partial charge on any atom is -0.0923 e. The van der Waals surface area contributed by atoms with Crippen molar-refractivity contribution in [1.82, 2.24) is 0 Å². The Hall–Kier alpha value is -1.53. The van der Waals surface area contributed by atoms with E-state index in [9.17, 15) is 0 Å². The summed E-state index contributed by atoms with van der Waals surface area (Å²) in [5.41, 5.74) is 2.77. The third kappa shape index (κ3) is 2.28. The summed E-state index contributed by atoms with van der Waals surface area (Å²) in [7, 11) is 0. The number of halogens is 1. The van der Waals surface area contributed by atoms with Gasteiger partial charge in [0.2, 0.25) is 0 Å². The van der Waals surface area contributed by atoms with E-state index in [1.807, 2.05) is 60.7 Å². The van der Waals surface area contributed by atoms with Gasteiger partial charge in [0, 0.05) is 11.1 Å². The van der Waals surface area contributed by atoms with Crippen molar-refractivity contribution in [3.63, 3.8) is 0 Å². The fourth-order valence-electron chi connectivity index (χ4n) is 1.49. The van der Waals surface area contributed by atoms with Crippen molar-refractivity contribution in [1.29, 1.82) is 0 Å². The normalized spacial score (nSPS) is 10.6. The minimum absolute atomic E-state index is 0.0670. The second-order valence-electron chi connectivity index (χ2n) is 3.20. The lowest BCUT2D eigenvalue weighted by Gasteiger charge is -2.06. The molecular weight excluding hydrogens is 204 g/mol. The third-order valence-electron chi connectivity index (χ3n) is 2.22. The molecular formula is C14H11Cl. The van der Waals surface area contributed by atoms with E-state index in [0.29, 0.717) is 0 Å².